The maximum absolute atomic E-state index is 4.66. The molecule has 1 unspecified atom stereocenters. The van der Waals surface area contributed by atoms with Crippen molar-refractivity contribution in [3.8, 4) is 16.9 Å². The predicted octanol–water partition coefficient (Wildman–Crippen LogP) is 2.71. The van der Waals surface area contributed by atoms with Crippen LogP contribution in [0.4, 0.5) is 5.95 Å². The Bertz CT molecular complexity index is 1170. The van der Waals surface area contributed by atoms with Crippen molar-refractivity contribution in [2.24, 2.45) is 0 Å². The van der Waals surface area contributed by atoms with Gasteiger partial charge in [-0.05, 0) is 43.9 Å². The molecule has 2 saturated heterocycles. The lowest BCUT2D eigenvalue weighted by atomic mass is 9.83. The second kappa shape index (κ2) is 7.42. The van der Waals surface area contributed by atoms with Crippen LogP contribution in [0.5, 0.6) is 0 Å². The predicted molar refractivity (Wildman–Crippen MR) is 118 cm³/mol. The van der Waals surface area contributed by atoms with Crippen molar-refractivity contribution in [3.63, 3.8) is 0 Å². The molecule has 0 saturated carbocycles. The highest BCUT2D eigenvalue weighted by atomic mass is 15.3. The molecule has 6 rings (SSSR count). The minimum Gasteiger partial charge on any atom is -0.343 e. The molecule has 2 N–H and O–H groups in total. The minimum absolute atomic E-state index is 0.454. The fourth-order valence-corrected chi connectivity index (χ4v) is 5.10. The number of benzene rings is 1. The molecule has 4 aromatic rings. The van der Waals surface area contributed by atoms with E-state index in [-0.39, 0.29) is 0 Å². The van der Waals surface area contributed by atoms with Gasteiger partial charge in [0.1, 0.15) is 5.69 Å². The van der Waals surface area contributed by atoms with E-state index in [9.17, 15) is 0 Å². The van der Waals surface area contributed by atoms with Crippen LogP contribution in [0.15, 0.2) is 43.1 Å². The third-order valence-electron chi connectivity index (χ3n) is 6.69. The van der Waals surface area contributed by atoms with Crippen molar-refractivity contribution in [2.75, 3.05) is 11.9 Å². The van der Waals surface area contributed by atoms with Crippen LogP contribution in [0.25, 0.3) is 28.0 Å². The van der Waals surface area contributed by atoms with Crippen molar-refractivity contribution in [2.45, 2.75) is 50.2 Å². The highest BCUT2D eigenvalue weighted by Gasteiger charge is 2.33. The zero-order chi connectivity index (χ0) is 20.8. The lowest BCUT2D eigenvalue weighted by Gasteiger charge is -2.43. The highest BCUT2D eigenvalue weighted by molar-refractivity contribution is 5.95. The molecule has 2 bridgehead atoms. The second-order valence-electron chi connectivity index (χ2n) is 8.58. The zero-order valence-corrected chi connectivity index (χ0v) is 17.4. The van der Waals surface area contributed by atoms with Gasteiger partial charge in [-0.2, -0.15) is 5.10 Å². The van der Waals surface area contributed by atoms with Gasteiger partial charge in [0.2, 0.25) is 5.95 Å². The molecule has 9 heteroatoms. The van der Waals surface area contributed by atoms with Gasteiger partial charge < -0.3 is 15.2 Å². The SMILES string of the molecule is CN(c1ncc(-c2ccc(-n3cccn3)c3[nH]cnc23)nn1)C1C[C@H]2CCC[C@@H](C1)N2. The lowest BCUT2D eigenvalue weighted by Crippen LogP contribution is -2.54. The Hall–Kier alpha value is -3.33. The Balaban J connectivity index is 1.28. The summed E-state index contributed by atoms with van der Waals surface area (Å²) in [7, 11) is 2.09. The van der Waals surface area contributed by atoms with Crippen LogP contribution in [0.1, 0.15) is 32.1 Å². The van der Waals surface area contributed by atoms with E-state index in [0.717, 1.165) is 35.1 Å². The smallest absolute Gasteiger partial charge is 0.245 e. The number of imidazole rings is 1. The van der Waals surface area contributed by atoms with E-state index in [1.807, 2.05) is 29.1 Å². The molecule has 2 aliphatic rings. The van der Waals surface area contributed by atoms with Gasteiger partial charge in [-0.25, -0.2) is 14.6 Å². The van der Waals surface area contributed by atoms with Crippen LogP contribution in [0, 0.1) is 0 Å². The zero-order valence-electron chi connectivity index (χ0n) is 17.4. The Morgan fingerprint density at radius 2 is 1.97 bits per heavy atom. The molecule has 0 radical (unpaired) electrons. The average Bonchev–Trinajstić information content (AvgIpc) is 3.50. The number of aromatic amines is 1. The summed E-state index contributed by atoms with van der Waals surface area (Å²) < 4.78 is 1.82. The number of piperidine rings is 2. The van der Waals surface area contributed by atoms with Gasteiger partial charge in [0.25, 0.3) is 0 Å². The third-order valence-corrected chi connectivity index (χ3v) is 6.69. The maximum Gasteiger partial charge on any atom is 0.245 e. The molecular formula is C22H25N9. The van der Waals surface area contributed by atoms with Gasteiger partial charge in [0.05, 0.1) is 29.2 Å². The van der Waals surface area contributed by atoms with E-state index in [1.165, 1.54) is 19.3 Å². The topological polar surface area (TPSA) is 100 Å². The molecule has 1 aromatic carbocycles. The Kier molecular flexibility index (Phi) is 4.41. The van der Waals surface area contributed by atoms with E-state index in [4.69, 9.17) is 0 Å². The van der Waals surface area contributed by atoms with E-state index >= 15 is 0 Å². The molecule has 158 valence electrons. The van der Waals surface area contributed by atoms with Crippen molar-refractivity contribution in [3.05, 3.63) is 43.1 Å². The van der Waals surface area contributed by atoms with Crippen LogP contribution in [0.3, 0.4) is 0 Å². The summed E-state index contributed by atoms with van der Waals surface area (Å²) in [5, 5.41) is 17.1. The van der Waals surface area contributed by atoms with Gasteiger partial charge in [-0.3, -0.25) is 0 Å². The number of nitrogens with one attached hydrogen (secondary N) is 2. The first-order chi connectivity index (χ1) is 15.3. The number of anilines is 1. The van der Waals surface area contributed by atoms with Gasteiger partial charge in [0, 0.05) is 43.1 Å². The van der Waals surface area contributed by atoms with Gasteiger partial charge in [0.15, 0.2) is 0 Å². The van der Waals surface area contributed by atoms with Crippen LogP contribution in [-0.2, 0) is 0 Å². The number of fused-ring (bicyclic) bond motifs is 3. The summed E-state index contributed by atoms with van der Waals surface area (Å²) in [6.07, 6.45) is 13.3. The van der Waals surface area contributed by atoms with Gasteiger partial charge >= 0.3 is 0 Å². The largest absolute Gasteiger partial charge is 0.343 e. The molecular weight excluding hydrogens is 390 g/mol. The van der Waals surface area contributed by atoms with Crippen LogP contribution in [-0.4, -0.2) is 60.1 Å². The highest BCUT2D eigenvalue weighted by Crippen LogP contribution is 2.31. The van der Waals surface area contributed by atoms with Crippen molar-refractivity contribution in [1.29, 1.82) is 0 Å². The number of hydrogen-bond donors (Lipinski definition) is 2. The Morgan fingerprint density at radius 3 is 2.71 bits per heavy atom. The standard InChI is InChI=1S/C22H25N9/c1-30(16-10-14-4-2-5-15(11-16)27-14)22-23-12-18(28-29-22)17-6-7-19(31-9-3-8-26-31)21-20(17)24-13-25-21/h3,6-9,12-16,27H,2,4-5,10-11H2,1H3,(H,24,25)/t14-,15+,16?. The molecule has 9 nitrogen and oxygen atoms in total. The summed E-state index contributed by atoms with van der Waals surface area (Å²) in [6, 6.07) is 7.61. The third kappa shape index (κ3) is 3.25. The van der Waals surface area contributed by atoms with E-state index in [2.05, 4.69) is 47.5 Å². The molecule has 2 fully saturated rings. The van der Waals surface area contributed by atoms with E-state index in [1.54, 1.807) is 18.7 Å². The number of aromatic nitrogens is 7. The fraction of sp³-hybridized carbons (Fsp3) is 0.409. The van der Waals surface area contributed by atoms with Crippen LogP contribution < -0.4 is 10.2 Å². The van der Waals surface area contributed by atoms with E-state index < -0.39 is 0 Å². The molecule has 31 heavy (non-hydrogen) atoms. The summed E-state index contributed by atoms with van der Waals surface area (Å²) >= 11 is 0. The first-order valence-electron chi connectivity index (χ1n) is 10.9. The van der Waals surface area contributed by atoms with E-state index in [0.29, 0.717) is 29.8 Å². The minimum atomic E-state index is 0.454. The molecule has 3 aromatic heterocycles. The number of H-pyrrole nitrogens is 1. The fourth-order valence-electron chi connectivity index (χ4n) is 5.10. The normalized spacial score (nSPS) is 23.2. The first-order valence-corrected chi connectivity index (χ1v) is 10.9. The van der Waals surface area contributed by atoms with Crippen LogP contribution in [0.2, 0.25) is 0 Å². The molecule has 5 heterocycles. The quantitative estimate of drug-likeness (QED) is 0.528. The molecule has 3 atom stereocenters. The van der Waals surface area contributed by atoms with Crippen molar-refractivity contribution < 1.29 is 0 Å². The number of hydrogen-bond acceptors (Lipinski definition) is 7. The summed E-state index contributed by atoms with van der Waals surface area (Å²) in [4.78, 5) is 14.6. The molecule has 0 amide bonds. The average molecular weight is 416 g/mol. The lowest BCUT2D eigenvalue weighted by molar-refractivity contribution is 0.218. The molecule has 0 spiro atoms. The van der Waals surface area contributed by atoms with Crippen molar-refractivity contribution >= 4 is 17.0 Å². The number of rotatable bonds is 4. The van der Waals surface area contributed by atoms with Crippen LogP contribution >= 0.6 is 0 Å². The van der Waals surface area contributed by atoms with Gasteiger partial charge in [-0.1, -0.05) is 6.42 Å². The maximum atomic E-state index is 4.66. The van der Waals surface area contributed by atoms with Crippen molar-refractivity contribution in [1.82, 2.24) is 40.2 Å². The molecule has 2 aliphatic heterocycles. The Morgan fingerprint density at radius 1 is 1.10 bits per heavy atom. The number of nitrogens with zero attached hydrogens (tertiary/aromatic N) is 7. The molecule has 0 aliphatic carbocycles. The summed E-state index contributed by atoms with van der Waals surface area (Å²) in [6.45, 7) is 0. The van der Waals surface area contributed by atoms with Gasteiger partial charge in [-0.15, -0.1) is 10.2 Å². The monoisotopic (exact) mass is 415 g/mol. The summed E-state index contributed by atoms with van der Waals surface area (Å²) in [5.41, 5.74) is 4.29. The Labute approximate surface area is 179 Å². The first kappa shape index (κ1) is 18.4. The second-order valence-corrected chi connectivity index (χ2v) is 8.58. The summed E-state index contributed by atoms with van der Waals surface area (Å²) in [5.74, 6) is 0.681.